The van der Waals surface area contributed by atoms with Gasteiger partial charge in [-0.3, -0.25) is 0 Å². The van der Waals surface area contributed by atoms with Gasteiger partial charge < -0.3 is 11.1 Å². The fourth-order valence-corrected chi connectivity index (χ4v) is 1.40. The largest absolute Gasteiger partial charge is 0.381 e. The first kappa shape index (κ1) is 9.18. The smallest absolute Gasteiger partial charge is 0.224 e. The lowest BCUT2D eigenvalue weighted by Crippen LogP contribution is -2.22. The van der Waals surface area contributed by atoms with Gasteiger partial charge in [0, 0.05) is 6.54 Å². The Hall–Kier alpha value is -1.39. The quantitative estimate of drug-likeness (QED) is 0.767. The Kier molecular flexibility index (Phi) is 2.47. The molecule has 1 aliphatic carbocycles. The molecule has 5 heteroatoms. The van der Waals surface area contributed by atoms with E-state index in [-0.39, 0.29) is 5.82 Å². The lowest BCUT2D eigenvalue weighted by atomic mass is 9.85. The Morgan fingerprint density at radius 2 is 2.36 bits per heavy atom. The number of hydrogen-bond acceptors (Lipinski definition) is 4. The van der Waals surface area contributed by atoms with Crippen molar-refractivity contribution in [3.05, 3.63) is 12.0 Å². The Morgan fingerprint density at radius 3 is 2.93 bits per heavy atom. The molecule has 0 bridgehead atoms. The zero-order valence-corrected chi connectivity index (χ0v) is 7.83. The van der Waals surface area contributed by atoms with Gasteiger partial charge in [-0.25, -0.2) is 9.37 Å². The first-order valence-electron chi connectivity index (χ1n) is 4.77. The normalized spacial score (nSPS) is 16.4. The molecule has 1 aromatic rings. The highest BCUT2D eigenvalue weighted by Crippen LogP contribution is 2.26. The number of nitrogens with zero attached hydrogens (tertiary/aromatic N) is 2. The van der Waals surface area contributed by atoms with Crippen LogP contribution in [0.2, 0.25) is 0 Å². The highest BCUT2D eigenvalue weighted by molar-refractivity contribution is 5.36. The van der Waals surface area contributed by atoms with Gasteiger partial charge >= 0.3 is 0 Å². The van der Waals surface area contributed by atoms with Gasteiger partial charge in [-0.1, -0.05) is 6.42 Å². The molecule has 0 amide bonds. The molecule has 4 nitrogen and oxygen atoms in total. The van der Waals surface area contributed by atoms with E-state index in [1.54, 1.807) is 0 Å². The van der Waals surface area contributed by atoms with Crippen molar-refractivity contribution in [3.8, 4) is 0 Å². The SMILES string of the molecule is Nc1nc(NCC2CCC2)ncc1F. The third-order valence-corrected chi connectivity index (χ3v) is 2.54. The zero-order chi connectivity index (χ0) is 9.97. The Morgan fingerprint density at radius 1 is 1.57 bits per heavy atom. The van der Waals surface area contributed by atoms with Gasteiger partial charge in [-0.05, 0) is 18.8 Å². The van der Waals surface area contributed by atoms with Gasteiger partial charge in [0.2, 0.25) is 5.95 Å². The second-order valence-corrected chi connectivity index (χ2v) is 3.60. The van der Waals surface area contributed by atoms with Gasteiger partial charge in [-0.2, -0.15) is 4.98 Å². The van der Waals surface area contributed by atoms with Crippen molar-refractivity contribution in [1.29, 1.82) is 0 Å². The molecule has 0 atom stereocenters. The van der Waals surface area contributed by atoms with Crippen molar-refractivity contribution in [2.45, 2.75) is 19.3 Å². The van der Waals surface area contributed by atoms with Crippen molar-refractivity contribution in [2.24, 2.45) is 5.92 Å². The lowest BCUT2D eigenvalue weighted by Gasteiger charge is -2.25. The minimum Gasteiger partial charge on any atom is -0.381 e. The van der Waals surface area contributed by atoms with E-state index < -0.39 is 5.82 Å². The molecule has 1 aromatic heterocycles. The first-order valence-corrected chi connectivity index (χ1v) is 4.77. The molecule has 1 fully saturated rings. The van der Waals surface area contributed by atoms with E-state index in [0.29, 0.717) is 11.9 Å². The predicted molar refractivity (Wildman–Crippen MR) is 52.2 cm³/mol. The molecule has 2 rings (SSSR count). The first-order chi connectivity index (χ1) is 6.75. The molecule has 0 unspecified atom stereocenters. The summed E-state index contributed by atoms with van der Waals surface area (Å²) in [5.74, 6) is 0.455. The number of nitrogens with one attached hydrogen (secondary N) is 1. The van der Waals surface area contributed by atoms with Crippen molar-refractivity contribution in [3.63, 3.8) is 0 Å². The number of nitrogen functional groups attached to an aromatic ring is 1. The van der Waals surface area contributed by atoms with Gasteiger partial charge in [0.25, 0.3) is 0 Å². The van der Waals surface area contributed by atoms with Gasteiger partial charge in [0.15, 0.2) is 11.6 Å². The summed E-state index contributed by atoms with van der Waals surface area (Å²) in [5, 5.41) is 3.05. The molecule has 0 spiro atoms. The molecule has 14 heavy (non-hydrogen) atoms. The number of anilines is 2. The molecular weight excluding hydrogens is 183 g/mol. The maximum absolute atomic E-state index is 12.7. The average molecular weight is 196 g/mol. The highest BCUT2D eigenvalue weighted by Gasteiger charge is 2.17. The predicted octanol–water partition coefficient (Wildman–Crippen LogP) is 1.41. The molecule has 1 saturated carbocycles. The van der Waals surface area contributed by atoms with Crippen LogP contribution in [0.15, 0.2) is 6.20 Å². The van der Waals surface area contributed by atoms with Crippen LogP contribution >= 0.6 is 0 Å². The summed E-state index contributed by atoms with van der Waals surface area (Å²) in [6.45, 7) is 0.852. The van der Waals surface area contributed by atoms with Gasteiger partial charge in [-0.15, -0.1) is 0 Å². The Balaban J connectivity index is 1.91. The van der Waals surface area contributed by atoms with Crippen LogP contribution in [-0.2, 0) is 0 Å². The van der Waals surface area contributed by atoms with E-state index in [1.807, 2.05) is 0 Å². The number of rotatable bonds is 3. The van der Waals surface area contributed by atoms with Crippen molar-refractivity contribution in [1.82, 2.24) is 9.97 Å². The highest BCUT2D eigenvalue weighted by atomic mass is 19.1. The van der Waals surface area contributed by atoms with Crippen LogP contribution in [0.4, 0.5) is 16.2 Å². The number of nitrogens with two attached hydrogens (primary N) is 1. The summed E-state index contributed by atoms with van der Waals surface area (Å²) >= 11 is 0. The van der Waals surface area contributed by atoms with Gasteiger partial charge in [0.05, 0.1) is 6.20 Å². The Labute approximate surface area is 81.7 Å². The monoisotopic (exact) mass is 196 g/mol. The number of aromatic nitrogens is 2. The summed E-state index contributed by atoms with van der Waals surface area (Å²) in [4.78, 5) is 7.58. The van der Waals surface area contributed by atoms with Crippen molar-refractivity contribution >= 4 is 11.8 Å². The van der Waals surface area contributed by atoms with Crippen molar-refractivity contribution in [2.75, 3.05) is 17.6 Å². The standard InChI is InChI=1S/C9H13FN4/c10-7-5-13-9(14-8(7)11)12-4-6-2-1-3-6/h5-6H,1-4H2,(H3,11,12,13,14). The number of halogens is 1. The molecule has 1 heterocycles. The van der Waals surface area contributed by atoms with Crippen LogP contribution in [0.1, 0.15) is 19.3 Å². The molecule has 0 aromatic carbocycles. The fourth-order valence-electron chi connectivity index (χ4n) is 1.40. The topological polar surface area (TPSA) is 63.8 Å². The molecule has 0 aliphatic heterocycles. The third kappa shape index (κ3) is 1.92. The van der Waals surface area contributed by atoms with E-state index in [4.69, 9.17) is 5.73 Å². The molecule has 1 aliphatic rings. The molecule has 0 radical (unpaired) electrons. The van der Waals surface area contributed by atoms with Crippen molar-refractivity contribution < 1.29 is 4.39 Å². The zero-order valence-electron chi connectivity index (χ0n) is 7.83. The van der Waals surface area contributed by atoms with Crippen LogP contribution < -0.4 is 11.1 Å². The third-order valence-electron chi connectivity index (χ3n) is 2.54. The lowest BCUT2D eigenvalue weighted by molar-refractivity contribution is 0.333. The molecule has 76 valence electrons. The summed E-state index contributed by atoms with van der Waals surface area (Å²) in [6.07, 6.45) is 4.90. The summed E-state index contributed by atoms with van der Waals surface area (Å²) in [7, 11) is 0. The van der Waals surface area contributed by atoms with Crippen LogP contribution in [0.5, 0.6) is 0 Å². The van der Waals surface area contributed by atoms with Crippen LogP contribution in [0.25, 0.3) is 0 Å². The maximum atomic E-state index is 12.7. The summed E-state index contributed by atoms with van der Waals surface area (Å²) in [6, 6.07) is 0. The second kappa shape index (κ2) is 3.77. The maximum Gasteiger partial charge on any atom is 0.224 e. The minimum atomic E-state index is -0.570. The van der Waals surface area contributed by atoms with E-state index >= 15 is 0 Å². The molecule has 3 N–H and O–H groups in total. The summed E-state index contributed by atoms with van der Waals surface area (Å²) < 4.78 is 12.7. The summed E-state index contributed by atoms with van der Waals surface area (Å²) in [5.41, 5.74) is 5.31. The van der Waals surface area contributed by atoms with Crippen LogP contribution in [0, 0.1) is 11.7 Å². The molecular formula is C9H13FN4. The molecule has 0 saturated heterocycles. The Bertz CT molecular complexity index is 325. The van der Waals surface area contributed by atoms with Crippen LogP contribution in [-0.4, -0.2) is 16.5 Å². The fraction of sp³-hybridized carbons (Fsp3) is 0.556. The van der Waals surface area contributed by atoms with Crippen LogP contribution in [0.3, 0.4) is 0 Å². The van der Waals surface area contributed by atoms with E-state index in [2.05, 4.69) is 15.3 Å². The average Bonchev–Trinajstić information content (AvgIpc) is 2.08. The second-order valence-electron chi connectivity index (χ2n) is 3.60. The van der Waals surface area contributed by atoms with Gasteiger partial charge in [0.1, 0.15) is 0 Å². The van der Waals surface area contributed by atoms with E-state index in [1.165, 1.54) is 19.3 Å². The van der Waals surface area contributed by atoms with E-state index in [0.717, 1.165) is 12.7 Å². The minimum absolute atomic E-state index is 0.101. The van der Waals surface area contributed by atoms with E-state index in [9.17, 15) is 4.39 Å². The number of hydrogen-bond donors (Lipinski definition) is 2.